The second-order valence-corrected chi connectivity index (χ2v) is 6.16. The Morgan fingerprint density at radius 2 is 2.10 bits per heavy atom. The summed E-state index contributed by atoms with van der Waals surface area (Å²) in [5.74, 6) is 1.43. The van der Waals surface area contributed by atoms with Crippen LogP contribution in [0.3, 0.4) is 0 Å². The molecule has 1 heterocycles. The number of benzene rings is 1. The summed E-state index contributed by atoms with van der Waals surface area (Å²) in [6.07, 6.45) is 1.70. The molecule has 0 radical (unpaired) electrons. The van der Waals surface area contributed by atoms with Gasteiger partial charge in [-0.25, -0.2) is 0 Å². The van der Waals surface area contributed by atoms with Crippen molar-refractivity contribution in [3.05, 3.63) is 29.8 Å². The molecule has 0 aromatic heterocycles. The van der Waals surface area contributed by atoms with Crippen LogP contribution >= 0.6 is 0 Å². The Balaban J connectivity index is 1.86. The van der Waals surface area contributed by atoms with Crippen molar-refractivity contribution in [3.8, 4) is 5.75 Å². The van der Waals surface area contributed by atoms with Gasteiger partial charge in [-0.15, -0.1) is 0 Å². The largest absolute Gasteiger partial charge is 0.493 e. The van der Waals surface area contributed by atoms with Crippen molar-refractivity contribution in [1.29, 1.82) is 0 Å². The molecule has 0 saturated carbocycles. The van der Waals surface area contributed by atoms with Crippen LogP contribution in [0.5, 0.6) is 5.75 Å². The zero-order valence-corrected chi connectivity index (χ0v) is 12.9. The van der Waals surface area contributed by atoms with E-state index in [-0.39, 0.29) is 12.0 Å². The Hall–Kier alpha value is -1.55. The number of aliphatic hydroxyl groups excluding tert-OH is 1. The van der Waals surface area contributed by atoms with Gasteiger partial charge in [0.1, 0.15) is 5.75 Å². The van der Waals surface area contributed by atoms with E-state index in [1.54, 1.807) is 4.90 Å². The molecule has 1 aromatic rings. The molecule has 1 atom stereocenters. The lowest BCUT2D eigenvalue weighted by Crippen LogP contribution is -2.42. The topological polar surface area (TPSA) is 49.8 Å². The van der Waals surface area contributed by atoms with Gasteiger partial charge in [-0.1, -0.05) is 26.0 Å². The average molecular weight is 291 g/mol. The Morgan fingerprint density at radius 1 is 1.38 bits per heavy atom. The second kappa shape index (κ2) is 7.46. The molecular weight excluding hydrogens is 266 g/mol. The highest BCUT2D eigenvalue weighted by Crippen LogP contribution is 2.16. The maximum atomic E-state index is 12.2. The van der Waals surface area contributed by atoms with Gasteiger partial charge in [-0.3, -0.25) is 4.79 Å². The standard InChI is InChI=1S/C17H25NO3/c1-13(2)12-21-16-7-5-14(6-8-16)10-17(20)18-9-3-4-15(19)11-18/h5-8,13,15,19H,3-4,9-12H2,1-2H3. The summed E-state index contributed by atoms with van der Waals surface area (Å²) in [7, 11) is 0. The van der Waals surface area contributed by atoms with Crippen molar-refractivity contribution >= 4 is 5.91 Å². The van der Waals surface area contributed by atoms with Gasteiger partial charge < -0.3 is 14.7 Å². The van der Waals surface area contributed by atoms with E-state index in [9.17, 15) is 9.90 Å². The number of nitrogens with zero attached hydrogens (tertiary/aromatic N) is 1. The van der Waals surface area contributed by atoms with Crippen molar-refractivity contribution in [2.75, 3.05) is 19.7 Å². The van der Waals surface area contributed by atoms with Gasteiger partial charge in [0.25, 0.3) is 0 Å². The number of carbonyl (C=O) groups is 1. The highest BCUT2D eigenvalue weighted by atomic mass is 16.5. The molecule has 1 amide bonds. The van der Waals surface area contributed by atoms with Crippen molar-refractivity contribution in [2.24, 2.45) is 5.92 Å². The van der Waals surface area contributed by atoms with Gasteiger partial charge in [0.2, 0.25) is 5.91 Å². The number of carbonyl (C=O) groups excluding carboxylic acids is 1. The Bertz CT molecular complexity index is 456. The zero-order valence-electron chi connectivity index (χ0n) is 12.9. The van der Waals surface area contributed by atoms with Crippen molar-refractivity contribution in [1.82, 2.24) is 4.90 Å². The van der Waals surface area contributed by atoms with Crippen LogP contribution in [-0.4, -0.2) is 41.7 Å². The van der Waals surface area contributed by atoms with Gasteiger partial charge in [-0.2, -0.15) is 0 Å². The van der Waals surface area contributed by atoms with Crippen LogP contribution in [0.4, 0.5) is 0 Å². The van der Waals surface area contributed by atoms with Crippen molar-refractivity contribution in [2.45, 2.75) is 39.2 Å². The van der Waals surface area contributed by atoms with E-state index < -0.39 is 0 Å². The number of piperidine rings is 1. The van der Waals surface area contributed by atoms with E-state index in [0.29, 0.717) is 25.5 Å². The number of ether oxygens (including phenoxy) is 1. The first-order valence-electron chi connectivity index (χ1n) is 7.72. The lowest BCUT2D eigenvalue weighted by atomic mass is 10.1. The zero-order chi connectivity index (χ0) is 15.2. The summed E-state index contributed by atoms with van der Waals surface area (Å²) in [6.45, 7) is 6.14. The smallest absolute Gasteiger partial charge is 0.227 e. The van der Waals surface area contributed by atoms with E-state index in [2.05, 4.69) is 13.8 Å². The average Bonchev–Trinajstić information content (AvgIpc) is 2.46. The summed E-state index contributed by atoms with van der Waals surface area (Å²) >= 11 is 0. The molecule has 0 spiro atoms. The normalized spacial score (nSPS) is 18.9. The molecule has 0 bridgehead atoms. The van der Waals surface area contributed by atoms with Crippen LogP contribution in [-0.2, 0) is 11.2 Å². The predicted molar refractivity (Wildman–Crippen MR) is 82.3 cm³/mol. The van der Waals surface area contributed by atoms with Gasteiger partial charge in [-0.05, 0) is 36.5 Å². The van der Waals surface area contributed by atoms with Gasteiger partial charge in [0.05, 0.1) is 19.1 Å². The highest BCUT2D eigenvalue weighted by Gasteiger charge is 2.21. The Morgan fingerprint density at radius 3 is 2.71 bits per heavy atom. The molecule has 21 heavy (non-hydrogen) atoms. The minimum absolute atomic E-state index is 0.0876. The van der Waals surface area contributed by atoms with Crippen molar-refractivity contribution < 1.29 is 14.6 Å². The van der Waals surface area contributed by atoms with Crippen LogP contribution in [0, 0.1) is 5.92 Å². The fourth-order valence-corrected chi connectivity index (χ4v) is 2.43. The maximum absolute atomic E-state index is 12.2. The maximum Gasteiger partial charge on any atom is 0.227 e. The summed E-state index contributed by atoms with van der Waals surface area (Å²) in [5.41, 5.74) is 0.983. The summed E-state index contributed by atoms with van der Waals surface area (Å²) in [4.78, 5) is 14.0. The molecule has 1 N–H and O–H groups in total. The summed E-state index contributed by atoms with van der Waals surface area (Å²) in [5, 5.41) is 9.62. The van der Waals surface area contributed by atoms with Crippen LogP contribution in [0.1, 0.15) is 32.3 Å². The molecule has 1 unspecified atom stereocenters. The minimum Gasteiger partial charge on any atom is -0.493 e. The third kappa shape index (κ3) is 5.05. The molecular formula is C17H25NO3. The summed E-state index contributed by atoms with van der Waals surface area (Å²) < 4.78 is 5.63. The SMILES string of the molecule is CC(C)COc1ccc(CC(=O)N2CCCC(O)C2)cc1. The van der Waals surface area contributed by atoms with Crippen LogP contribution in [0.25, 0.3) is 0 Å². The molecule has 0 aliphatic carbocycles. The Labute approximate surface area is 126 Å². The lowest BCUT2D eigenvalue weighted by molar-refractivity contribution is -0.133. The number of hydrogen-bond acceptors (Lipinski definition) is 3. The second-order valence-electron chi connectivity index (χ2n) is 6.16. The monoisotopic (exact) mass is 291 g/mol. The molecule has 116 valence electrons. The van der Waals surface area contributed by atoms with E-state index in [4.69, 9.17) is 4.74 Å². The minimum atomic E-state index is -0.366. The highest BCUT2D eigenvalue weighted by molar-refractivity contribution is 5.79. The first kappa shape index (κ1) is 15.8. The van der Waals surface area contributed by atoms with Crippen LogP contribution < -0.4 is 4.74 Å². The van der Waals surface area contributed by atoms with Gasteiger partial charge in [0.15, 0.2) is 0 Å². The van der Waals surface area contributed by atoms with Crippen LogP contribution in [0.15, 0.2) is 24.3 Å². The fourth-order valence-electron chi connectivity index (χ4n) is 2.43. The molecule has 4 nitrogen and oxygen atoms in total. The number of aliphatic hydroxyl groups is 1. The number of hydrogen-bond donors (Lipinski definition) is 1. The molecule has 1 saturated heterocycles. The molecule has 2 rings (SSSR count). The third-order valence-electron chi connectivity index (χ3n) is 3.61. The molecule has 1 aliphatic rings. The number of β-amino-alcohol motifs (C(OH)–C–C–N with tert-alkyl or cyclic N) is 1. The third-order valence-corrected chi connectivity index (χ3v) is 3.61. The van der Waals surface area contributed by atoms with Crippen LogP contribution in [0.2, 0.25) is 0 Å². The van der Waals surface area contributed by atoms with Gasteiger partial charge in [0, 0.05) is 13.1 Å². The van der Waals surface area contributed by atoms with E-state index >= 15 is 0 Å². The summed E-state index contributed by atoms with van der Waals surface area (Å²) in [6, 6.07) is 7.70. The molecule has 1 aromatic carbocycles. The number of likely N-dealkylation sites (tertiary alicyclic amines) is 1. The molecule has 4 heteroatoms. The molecule has 1 fully saturated rings. The fraction of sp³-hybridized carbons (Fsp3) is 0.588. The molecule has 1 aliphatic heterocycles. The first-order valence-corrected chi connectivity index (χ1v) is 7.72. The van der Waals surface area contributed by atoms with E-state index in [0.717, 1.165) is 30.7 Å². The first-order chi connectivity index (χ1) is 10.0. The van der Waals surface area contributed by atoms with Gasteiger partial charge >= 0.3 is 0 Å². The van der Waals surface area contributed by atoms with Crippen molar-refractivity contribution in [3.63, 3.8) is 0 Å². The Kier molecular flexibility index (Phi) is 5.62. The quantitative estimate of drug-likeness (QED) is 0.905. The van der Waals surface area contributed by atoms with E-state index in [1.165, 1.54) is 0 Å². The van der Waals surface area contributed by atoms with E-state index in [1.807, 2.05) is 24.3 Å². The predicted octanol–water partition coefficient (Wildman–Crippen LogP) is 2.25. The lowest BCUT2D eigenvalue weighted by Gasteiger charge is -2.30. The number of rotatable bonds is 5. The number of amides is 1.